The second kappa shape index (κ2) is 7.46. The Kier molecular flexibility index (Phi) is 4.15. The van der Waals surface area contributed by atoms with Gasteiger partial charge >= 0.3 is 0 Å². The Labute approximate surface area is 197 Å². The standard InChI is InChI=1S/C31H21N3/c1-2-8-24(9-3-1)34-30-12-5-4-10-25(30)26-17-18-29-27(31(26)34)19-21-33(29)23-15-13-22(14-16-23)28-11-6-7-20-32-28/h1-21H. The van der Waals surface area contributed by atoms with Crippen LogP contribution in [0.5, 0.6) is 0 Å². The highest BCUT2D eigenvalue weighted by Gasteiger charge is 2.16. The van der Waals surface area contributed by atoms with Crippen LogP contribution in [0, 0.1) is 0 Å². The van der Waals surface area contributed by atoms with E-state index in [0.29, 0.717) is 0 Å². The Balaban J connectivity index is 1.46. The van der Waals surface area contributed by atoms with E-state index in [-0.39, 0.29) is 0 Å². The van der Waals surface area contributed by atoms with E-state index in [9.17, 15) is 0 Å². The van der Waals surface area contributed by atoms with Crippen LogP contribution < -0.4 is 0 Å². The summed E-state index contributed by atoms with van der Waals surface area (Å²) in [6.07, 6.45) is 4.01. The molecule has 0 fully saturated rings. The summed E-state index contributed by atoms with van der Waals surface area (Å²) in [5.41, 5.74) is 8.08. The van der Waals surface area contributed by atoms with Gasteiger partial charge in [0.2, 0.25) is 0 Å². The van der Waals surface area contributed by atoms with E-state index in [1.54, 1.807) is 0 Å². The third-order valence-corrected chi connectivity index (χ3v) is 6.62. The van der Waals surface area contributed by atoms with Crippen molar-refractivity contribution in [1.82, 2.24) is 14.1 Å². The smallest absolute Gasteiger partial charge is 0.0701 e. The van der Waals surface area contributed by atoms with Crippen molar-refractivity contribution in [2.24, 2.45) is 0 Å². The Morgan fingerprint density at radius 3 is 2.12 bits per heavy atom. The van der Waals surface area contributed by atoms with Gasteiger partial charge < -0.3 is 9.13 Å². The molecule has 3 aromatic heterocycles. The third-order valence-electron chi connectivity index (χ3n) is 6.62. The Morgan fingerprint density at radius 2 is 1.29 bits per heavy atom. The minimum Gasteiger partial charge on any atom is -0.316 e. The predicted molar refractivity (Wildman–Crippen MR) is 141 cm³/mol. The lowest BCUT2D eigenvalue weighted by molar-refractivity contribution is 1.13. The second-order valence-electron chi connectivity index (χ2n) is 8.53. The van der Waals surface area contributed by atoms with Crippen molar-refractivity contribution in [2.75, 3.05) is 0 Å². The highest BCUT2D eigenvalue weighted by molar-refractivity contribution is 6.18. The fourth-order valence-corrected chi connectivity index (χ4v) is 5.07. The number of para-hydroxylation sites is 2. The summed E-state index contributed by atoms with van der Waals surface area (Å²) < 4.78 is 4.66. The molecule has 0 spiro atoms. The van der Waals surface area contributed by atoms with Gasteiger partial charge in [-0.25, -0.2) is 0 Å². The van der Waals surface area contributed by atoms with E-state index < -0.39 is 0 Å². The number of hydrogen-bond donors (Lipinski definition) is 0. The molecule has 7 rings (SSSR count). The molecule has 0 bridgehead atoms. The molecule has 7 aromatic rings. The largest absolute Gasteiger partial charge is 0.316 e. The average Bonchev–Trinajstić information content (AvgIpc) is 3.49. The maximum absolute atomic E-state index is 4.48. The first-order valence-electron chi connectivity index (χ1n) is 11.5. The van der Waals surface area contributed by atoms with Crippen LogP contribution >= 0.6 is 0 Å². The van der Waals surface area contributed by atoms with Crippen LogP contribution in [0.25, 0.3) is 55.3 Å². The fourth-order valence-electron chi connectivity index (χ4n) is 5.07. The van der Waals surface area contributed by atoms with Crippen molar-refractivity contribution in [1.29, 1.82) is 0 Å². The van der Waals surface area contributed by atoms with Crippen LogP contribution in [0.1, 0.15) is 0 Å². The van der Waals surface area contributed by atoms with Crippen molar-refractivity contribution in [3.63, 3.8) is 0 Å². The zero-order valence-corrected chi connectivity index (χ0v) is 18.5. The number of benzene rings is 4. The van der Waals surface area contributed by atoms with E-state index in [0.717, 1.165) is 16.9 Å². The number of nitrogens with zero attached hydrogens (tertiary/aromatic N) is 3. The summed E-state index contributed by atoms with van der Waals surface area (Å²) in [6, 6.07) is 40.7. The summed E-state index contributed by atoms with van der Waals surface area (Å²) in [7, 11) is 0. The molecule has 0 saturated carbocycles. The number of pyridine rings is 1. The molecule has 0 aliphatic rings. The zero-order chi connectivity index (χ0) is 22.5. The Morgan fingerprint density at radius 1 is 0.500 bits per heavy atom. The Hall–Kier alpha value is -4.63. The molecule has 160 valence electrons. The molecule has 0 unspecified atom stereocenters. The van der Waals surface area contributed by atoms with Gasteiger partial charge in [0.1, 0.15) is 0 Å². The average molecular weight is 436 g/mol. The van der Waals surface area contributed by atoms with Gasteiger partial charge in [-0.15, -0.1) is 0 Å². The van der Waals surface area contributed by atoms with Crippen LogP contribution in [0.4, 0.5) is 0 Å². The highest BCUT2D eigenvalue weighted by atomic mass is 15.0. The molecule has 0 N–H and O–H groups in total. The monoisotopic (exact) mass is 435 g/mol. The first-order valence-corrected chi connectivity index (χ1v) is 11.5. The number of fused-ring (bicyclic) bond motifs is 5. The molecule has 0 amide bonds. The van der Waals surface area contributed by atoms with Crippen LogP contribution in [0.2, 0.25) is 0 Å². The number of aromatic nitrogens is 3. The van der Waals surface area contributed by atoms with Gasteiger partial charge in [0, 0.05) is 45.5 Å². The van der Waals surface area contributed by atoms with Crippen molar-refractivity contribution in [2.45, 2.75) is 0 Å². The van der Waals surface area contributed by atoms with Gasteiger partial charge in [-0.05, 0) is 54.6 Å². The van der Waals surface area contributed by atoms with Gasteiger partial charge in [-0.3, -0.25) is 4.98 Å². The van der Waals surface area contributed by atoms with Gasteiger partial charge in [0.25, 0.3) is 0 Å². The topological polar surface area (TPSA) is 22.8 Å². The minimum atomic E-state index is 0.987. The molecule has 34 heavy (non-hydrogen) atoms. The van der Waals surface area contributed by atoms with Crippen LogP contribution in [-0.4, -0.2) is 14.1 Å². The predicted octanol–water partition coefficient (Wildman–Crippen LogP) is 7.79. The van der Waals surface area contributed by atoms with E-state index >= 15 is 0 Å². The van der Waals surface area contributed by atoms with E-state index in [2.05, 4.69) is 117 Å². The Bertz CT molecular complexity index is 1770. The molecule has 3 heteroatoms. The quantitative estimate of drug-likeness (QED) is 0.278. The van der Waals surface area contributed by atoms with E-state index in [1.807, 2.05) is 24.4 Å². The summed E-state index contributed by atoms with van der Waals surface area (Å²) in [6.45, 7) is 0. The summed E-state index contributed by atoms with van der Waals surface area (Å²) in [4.78, 5) is 4.48. The molecule has 0 atom stereocenters. The van der Waals surface area contributed by atoms with Gasteiger partial charge in [0.15, 0.2) is 0 Å². The molecule has 0 aliphatic heterocycles. The lowest BCUT2D eigenvalue weighted by atomic mass is 10.1. The molecule has 0 radical (unpaired) electrons. The van der Waals surface area contributed by atoms with Crippen LogP contribution in [-0.2, 0) is 0 Å². The molecule has 3 nitrogen and oxygen atoms in total. The number of hydrogen-bond acceptors (Lipinski definition) is 1. The van der Waals surface area contributed by atoms with Crippen molar-refractivity contribution >= 4 is 32.7 Å². The molecule has 0 aliphatic carbocycles. The van der Waals surface area contributed by atoms with Crippen LogP contribution in [0.15, 0.2) is 128 Å². The first kappa shape index (κ1) is 18.9. The van der Waals surface area contributed by atoms with Gasteiger partial charge in [-0.2, -0.15) is 0 Å². The summed E-state index contributed by atoms with van der Waals surface area (Å²) in [5.74, 6) is 0. The molecular formula is C31H21N3. The molecular weight excluding hydrogens is 414 g/mol. The summed E-state index contributed by atoms with van der Waals surface area (Å²) in [5, 5.41) is 3.79. The third kappa shape index (κ3) is 2.81. The second-order valence-corrected chi connectivity index (χ2v) is 8.53. The maximum atomic E-state index is 4.48. The zero-order valence-electron chi connectivity index (χ0n) is 18.5. The first-order chi connectivity index (χ1) is 16.9. The molecule has 4 aromatic carbocycles. The maximum Gasteiger partial charge on any atom is 0.0701 e. The molecule has 3 heterocycles. The minimum absolute atomic E-state index is 0.987. The SMILES string of the molecule is c1ccc(-n2c3ccccc3c3ccc4c(ccn4-c4ccc(-c5ccccn5)cc4)c32)cc1. The molecule has 0 saturated heterocycles. The van der Waals surface area contributed by atoms with Crippen LogP contribution in [0.3, 0.4) is 0 Å². The lowest BCUT2D eigenvalue weighted by Crippen LogP contribution is -1.94. The van der Waals surface area contributed by atoms with Crippen molar-refractivity contribution in [3.8, 4) is 22.6 Å². The number of rotatable bonds is 3. The van der Waals surface area contributed by atoms with Gasteiger partial charge in [0.05, 0.1) is 22.2 Å². The highest BCUT2D eigenvalue weighted by Crippen LogP contribution is 2.37. The normalized spacial score (nSPS) is 11.5. The van der Waals surface area contributed by atoms with Gasteiger partial charge in [-0.1, -0.05) is 60.7 Å². The summed E-state index contributed by atoms with van der Waals surface area (Å²) >= 11 is 0. The lowest BCUT2D eigenvalue weighted by Gasteiger charge is -2.10. The van der Waals surface area contributed by atoms with Crippen molar-refractivity contribution in [3.05, 3.63) is 128 Å². The van der Waals surface area contributed by atoms with E-state index in [4.69, 9.17) is 0 Å². The fraction of sp³-hybridized carbons (Fsp3) is 0. The van der Waals surface area contributed by atoms with E-state index in [1.165, 1.54) is 38.4 Å². The van der Waals surface area contributed by atoms with Crippen molar-refractivity contribution < 1.29 is 0 Å².